The largest absolute Gasteiger partial charge is 0.480 e. The molecular weight excluding hydrogens is 198 g/mol. The number of carbonyl (C=O) groups is 3. The second kappa shape index (κ2) is 4.00. The summed E-state index contributed by atoms with van der Waals surface area (Å²) < 4.78 is 0. The Morgan fingerprint density at radius 3 is 2.27 bits per heavy atom. The number of carboxylic acid groups (broad SMARTS) is 1. The molecule has 0 aromatic carbocycles. The summed E-state index contributed by atoms with van der Waals surface area (Å²) >= 11 is 0. The second-order valence-corrected chi connectivity index (χ2v) is 4.23. The first kappa shape index (κ1) is 11.7. The lowest BCUT2D eigenvalue weighted by Crippen LogP contribution is -2.48. The van der Waals surface area contributed by atoms with E-state index in [9.17, 15) is 14.4 Å². The van der Waals surface area contributed by atoms with Crippen molar-refractivity contribution in [2.24, 2.45) is 11.8 Å². The normalized spacial score (nSPS) is 23.7. The number of carbonyl (C=O) groups excluding carboxylic acids is 2. The zero-order valence-electron chi connectivity index (χ0n) is 9.06. The van der Waals surface area contributed by atoms with Crippen molar-refractivity contribution >= 4 is 17.8 Å². The minimum Gasteiger partial charge on any atom is -0.480 e. The van der Waals surface area contributed by atoms with Crippen molar-refractivity contribution in [1.82, 2.24) is 4.90 Å². The number of carboxylic acids is 1. The van der Waals surface area contributed by atoms with Crippen LogP contribution in [0.2, 0.25) is 0 Å². The van der Waals surface area contributed by atoms with Crippen molar-refractivity contribution in [2.75, 3.05) is 0 Å². The van der Waals surface area contributed by atoms with Crippen molar-refractivity contribution in [2.45, 2.75) is 33.2 Å². The number of rotatable bonds is 3. The predicted octanol–water partition coefficient (Wildman–Crippen LogP) is 0.491. The van der Waals surface area contributed by atoms with Crippen LogP contribution in [0.25, 0.3) is 0 Å². The molecule has 0 radical (unpaired) electrons. The molecule has 2 atom stereocenters. The monoisotopic (exact) mass is 213 g/mol. The zero-order chi connectivity index (χ0) is 11.7. The van der Waals surface area contributed by atoms with Crippen molar-refractivity contribution in [3.8, 4) is 0 Å². The molecule has 0 spiro atoms. The highest BCUT2D eigenvalue weighted by Crippen LogP contribution is 2.24. The molecule has 0 saturated carbocycles. The Morgan fingerprint density at radius 2 is 2.00 bits per heavy atom. The molecule has 1 fully saturated rings. The van der Waals surface area contributed by atoms with Gasteiger partial charge in [0, 0.05) is 12.3 Å². The molecule has 0 aromatic rings. The first-order valence-corrected chi connectivity index (χ1v) is 4.95. The topological polar surface area (TPSA) is 74.7 Å². The first-order valence-electron chi connectivity index (χ1n) is 4.95. The lowest BCUT2D eigenvalue weighted by atomic mass is 10.0. The lowest BCUT2D eigenvalue weighted by molar-refractivity contribution is -0.156. The second-order valence-electron chi connectivity index (χ2n) is 4.23. The molecule has 1 N–H and O–H groups in total. The van der Waals surface area contributed by atoms with Gasteiger partial charge in [-0.3, -0.25) is 14.5 Å². The molecule has 1 saturated heterocycles. The van der Waals surface area contributed by atoms with Crippen LogP contribution in [0, 0.1) is 11.8 Å². The van der Waals surface area contributed by atoms with Crippen LogP contribution in [0.15, 0.2) is 0 Å². The smallest absolute Gasteiger partial charge is 0.327 e. The summed E-state index contributed by atoms with van der Waals surface area (Å²) in [5, 5.41) is 8.98. The Morgan fingerprint density at radius 1 is 1.47 bits per heavy atom. The van der Waals surface area contributed by atoms with Gasteiger partial charge in [0.05, 0.1) is 0 Å². The van der Waals surface area contributed by atoms with Gasteiger partial charge in [-0.15, -0.1) is 0 Å². The van der Waals surface area contributed by atoms with Gasteiger partial charge in [-0.05, 0) is 5.92 Å². The maximum Gasteiger partial charge on any atom is 0.327 e. The van der Waals surface area contributed by atoms with Crippen LogP contribution >= 0.6 is 0 Å². The molecule has 2 unspecified atom stereocenters. The maximum atomic E-state index is 11.6. The molecule has 0 aromatic heterocycles. The Labute approximate surface area is 88.1 Å². The number of aliphatic carboxylic acids is 1. The Bertz CT molecular complexity index is 311. The third-order valence-electron chi connectivity index (χ3n) is 2.57. The van der Waals surface area contributed by atoms with Crippen LogP contribution in [0.4, 0.5) is 0 Å². The van der Waals surface area contributed by atoms with Crippen LogP contribution in [0.3, 0.4) is 0 Å². The van der Waals surface area contributed by atoms with Gasteiger partial charge in [0.25, 0.3) is 0 Å². The molecule has 1 aliphatic heterocycles. The van der Waals surface area contributed by atoms with Gasteiger partial charge in [-0.2, -0.15) is 0 Å². The first-order chi connectivity index (χ1) is 6.86. The van der Waals surface area contributed by atoms with E-state index in [1.807, 2.05) is 0 Å². The van der Waals surface area contributed by atoms with E-state index in [-0.39, 0.29) is 24.2 Å². The van der Waals surface area contributed by atoms with Crippen LogP contribution in [-0.4, -0.2) is 33.8 Å². The van der Waals surface area contributed by atoms with E-state index in [1.165, 1.54) is 0 Å². The fourth-order valence-electron chi connectivity index (χ4n) is 1.79. The fraction of sp³-hybridized carbons (Fsp3) is 0.700. The average Bonchev–Trinajstić information content (AvgIpc) is 2.31. The molecule has 1 heterocycles. The SMILES string of the molecule is CC1CC(=O)N(C(C(=O)O)C(C)C)C1=O. The third-order valence-corrected chi connectivity index (χ3v) is 2.57. The molecule has 0 aliphatic carbocycles. The molecule has 2 amide bonds. The highest BCUT2D eigenvalue weighted by atomic mass is 16.4. The van der Waals surface area contributed by atoms with Crippen LogP contribution in [0.5, 0.6) is 0 Å². The minimum absolute atomic E-state index is 0.120. The van der Waals surface area contributed by atoms with E-state index in [0.29, 0.717) is 0 Å². The Hall–Kier alpha value is -1.39. The average molecular weight is 213 g/mol. The van der Waals surface area contributed by atoms with Gasteiger partial charge in [-0.25, -0.2) is 4.79 Å². The van der Waals surface area contributed by atoms with E-state index in [4.69, 9.17) is 5.11 Å². The standard InChI is InChI=1S/C10H15NO4/c1-5(2)8(10(14)15)11-7(12)4-6(3)9(11)13/h5-6,8H,4H2,1-3H3,(H,14,15). The summed E-state index contributed by atoms with van der Waals surface area (Å²) in [6.07, 6.45) is 0.120. The highest BCUT2D eigenvalue weighted by Gasteiger charge is 2.43. The summed E-state index contributed by atoms with van der Waals surface area (Å²) in [4.78, 5) is 35.0. The van der Waals surface area contributed by atoms with Crippen molar-refractivity contribution < 1.29 is 19.5 Å². The van der Waals surface area contributed by atoms with Crippen LogP contribution in [0.1, 0.15) is 27.2 Å². The number of hydrogen-bond acceptors (Lipinski definition) is 3. The molecule has 1 rings (SSSR count). The number of hydrogen-bond donors (Lipinski definition) is 1. The van der Waals surface area contributed by atoms with E-state index >= 15 is 0 Å². The molecule has 0 bridgehead atoms. The lowest BCUT2D eigenvalue weighted by Gasteiger charge is -2.25. The van der Waals surface area contributed by atoms with E-state index in [1.54, 1.807) is 20.8 Å². The van der Waals surface area contributed by atoms with E-state index in [0.717, 1.165) is 4.90 Å². The molecule has 5 heteroatoms. The molecular formula is C10H15NO4. The summed E-state index contributed by atoms with van der Waals surface area (Å²) in [6, 6.07) is -1.03. The quantitative estimate of drug-likeness (QED) is 0.692. The third kappa shape index (κ3) is 2.00. The fourth-order valence-corrected chi connectivity index (χ4v) is 1.79. The Kier molecular flexibility index (Phi) is 3.12. The highest BCUT2D eigenvalue weighted by molar-refractivity contribution is 6.06. The summed E-state index contributed by atoms with van der Waals surface area (Å²) in [5.41, 5.74) is 0. The van der Waals surface area contributed by atoms with Gasteiger partial charge in [-0.1, -0.05) is 20.8 Å². The van der Waals surface area contributed by atoms with Gasteiger partial charge in [0.15, 0.2) is 0 Å². The number of likely N-dealkylation sites (tertiary alicyclic amines) is 1. The number of imide groups is 1. The van der Waals surface area contributed by atoms with E-state index in [2.05, 4.69) is 0 Å². The summed E-state index contributed by atoms with van der Waals surface area (Å²) in [5.74, 6) is -2.55. The minimum atomic E-state index is -1.12. The maximum absolute atomic E-state index is 11.6. The van der Waals surface area contributed by atoms with Gasteiger partial charge >= 0.3 is 5.97 Å². The van der Waals surface area contributed by atoms with E-state index < -0.39 is 17.9 Å². The summed E-state index contributed by atoms with van der Waals surface area (Å²) in [6.45, 7) is 5.00. The van der Waals surface area contributed by atoms with Crippen molar-refractivity contribution in [3.05, 3.63) is 0 Å². The van der Waals surface area contributed by atoms with Crippen LogP contribution in [-0.2, 0) is 14.4 Å². The number of nitrogens with zero attached hydrogens (tertiary/aromatic N) is 1. The molecule has 5 nitrogen and oxygen atoms in total. The van der Waals surface area contributed by atoms with Crippen LogP contribution < -0.4 is 0 Å². The van der Waals surface area contributed by atoms with Gasteiger partial charge in [0.2, 0.25) is 11.8 Å². The van der Waals surface area contributed by atoms with Crippen molar-refractivity contribution in [3.63, 3.8) is 0 Å². The molecule has 84 valence electrons. The van der Waals surface area contributed by atoms with Crippen molar-refractivity contribution in [1.29, 1.82) is 0 Å². The van der Waals surface area contributed by atoms with Gasteiger partial charge < -0.3 is 5.11 Å². The zero-order valence-corrected chi connectivity index (χ0v) is 9.06. The summed E-state index contributed by atoms with van der Waals surface area (Å²) in [7, 11) is 0. The molecule has 1 aliphatic rings. The molecule has 15 heavy (non-hydrogen) atoms. The Balaban J connectivity index is 2.99. The number of amides is 2. The van der Waals surface area contributed by atoms with Gasteiger partial charge in [0.1, 0.15) is 6.04 Å². The predicted molar refractivity (Wildman–Crippen MR) is 51.9 cm³/mol.